The van der Waals surface area contributed by atoms with Crippen molar-refractivity contribution in [1.29, 1.82) is 0 Å². The number of benzene rings is 2. The molecule has 6 rings (SSSR count). The number of hydrogen-bond donors (Lipinski definition) is 3. The minimum atomic E-state index is -0.823. The number of amides is 1. The monoisotopic (exact) mass is 644 g/mol. The fraction of sp³-hybridized carbons (Fsp3) is 0.212. The SMILES string of the molecule is C=CC(=O)N[C@H](C)c1cc(-c2nc(-c3ccc4c(c3)ncn4CCO)c3ccsc3c2-c2c(F)cc(F)cc2OCCOC)n[nH]1. The molecule has 0 spiro atoms. The average molecular weight is 645 g/mol. The zero-order chi connectivity index (χ0) is 32.4. The molecule has 0 saturated carbocycles. The van der Waals surface area contributed by atoms with Gasteiger partial charge >= 0.3 is 0 Å². The topological polar surface area (TPSA) is 127 Å². The third-order valence-electron chi connectivity index (χ3n) is 7.51. The highest BCUT2D eigenvalue weighted by atomic mass is 32.1. The number of pyridine rings is 1. The first-order valence-electron chi connectivity index (χ1n) is 14.4. The van der Waals surface area contributed by atoms with Gasteiger partial charge in [0.05, 0.1) is 53.6 Å². The van der Waals surface area contributed by atoms with Crippen molar-refractivity contribution in [1.82, 2.24) is 30.0 Å². The number of imidazole rings is 1. The first-order chi connectivity index (χ1) is 22.3. The van der Waals surface area contributed by atoms with E-state index in [-0.39, 0.29) is 37.0 Å². The Bertz CT molecular complexity index is 2070. The smallest absolute Gasteiger partial charge is 0.243 e. The van der Waals surface area contributed by atoms with E-state index in [0.29, 0.717) is 45.1 Å². The fourth-order valence-electron chi connectivity index (χ4n) is 5.33. The summed E-state index contributed by atoms with van der Waals surface area (Å²) in [6.07, 6.45) is 2.85. The molecule has 0 bridgehead atoms. The second-order valence-corrected chi connectivity index (χ2v) is 11.4. The van der Waals surface area contributed by atoms with Crippen LogP contribution in [0.15, 0.2) is 66.8 Å². The number of carbonyl (C=O) groups excluding carboxylic acids is 1. The number of aromatic nitrogens is 5. The van der Waals surface area contributed by atoms with Crippen LogP contribution in [0.3, 0.4) is 0 Å². The van der Waals surface area contributed by atoms with Gasteiger partial charge in [-0.2, -0.15) is 5.10 Å². The largest absolute Gasteiger partial charge is 0.490 e. The summed E-state index contributed by atoms with van der Waals surface area (Å²) in [5, 5.41) is 22.3. The van der Waals surface area contributed by atoms with Crippen molar-refractivity contribution in [2.24, 2.45) is 0 Å². The van der Waals surface area contributed by atoms with Crippen LogP contribution in [0.2, 0.25) is 0 Å². The zero-order valence-corrected chi connectivity index (χ0v) is 25.8. The molecule has 0 unspecified atom stereocenters. The number of H-pyrrole nitrogens is 1. The van der Waals surface area contributed by atoms with E-state index in [0.717, 1.165) is 28.6 Å². The number of aromatic amines is 1. The molecular formula is C33H30F2N6O4S. The van der Waals surface area contributed by atoms with Crippen LogP contribution in [0.5, 0.6) is 5.75 Å². The third-order valence-corrected chi connectivity index (χ3v) is 8.44. The molecule has 0 radical (unpaired) electrons. The number of thiophene rings is 1. The summed E-state index contributed by atoms with van der Waals surface area (Å²) in [6.45, 7) is 5.95. The van der Waals surface area contributed by atoms with Gasteiger partial charge in [0, 0.05) is 47.0 Å². The van der Waals surface area contributed by atoms with Gasteiger partial charge in [0.2, 0.25) is 5.91 Å². The van der Waals surface area contributed by atoms with E-state index in [1.807, 2.05) is 34.2 Å². The number of rotatable bonds is 12. The van der Waals surface area contributed by atoms with Crippen molar-refractivity contribution < 1.29 is 28.2 Å². The maximum Gasteiger partial charge on any atom is 0.243 e. The number of nitrogens with zero attached hydrogens (tertiary/aromatic N) is 4. The van der Waals surface area contributed by atoms with Crippen molar-refractivity contribution in [2.75, 3.05) is 26.9 Å². The minimum Gasteiger partial charge on any atom is -0.490 e. The predicted molar refractivity (Wildman–Crippen MR) is 172 cm³/mol. The first-order valence-corrected chi connectivity index (χ1v) is 15.3. The molecular weight excluding hydrogens is 614 g/mol. The maximum absolute atomic E-state index is 15.9. The molecule has 0 fully saturated rings. The number of carbonyl (C=O) groups is 1. The molecule has 0 saturated heterocycles. The quantitative estimate of drug-likeness (QED) is 0.110. The van der Waals surface area contributed by atoms with Crippen molar-refractivity contribution in [3.05, 3.63) is 84.2 Å². The molecule has 2 aromatic carbocycles. The van der Waals surface area contributed by atoms with E-state index in [9.17, 15) is 14.3 Å². The number of aliphatic hydroxyl groups excluding tert-OH is 1. The van der Waals surface area contributed by atoms with E-state index in [1.165, 1.54) is 24.5 Å². The molecule has 0 aliphatic rings. The Morgan fingerprint density at radius 2 is 2.02 bits per heavy atom. The highest BCUT2D eigenvalue weighted by Gasteiger charge is 2.27. The predicted octanol–water partition coefficient (Wildman–Crippen LogP) is 6.03. The van der Waals surface area contributed by atoms with Crippen LogP contribution >= 0.6 is 11.3 Å². The van der Waals surface area contributed by atoms with Crippen LogP contribution in [0, 0.1) is 11.6 Å². The molecule has 0 aliphatic heterocycles. The fourth-order valence-corrected chi connectivity index (χ4v) is 6.28. The zero-order valence-electron chi connectivity index (χ0n) is 25.0. The van der Waals surface area contributed by atoms with Crippen LogP contribution in [0.4, 0.5) is 8.78 Å². The summed E-state index contributed by atoms with van der Waals surface area (Å²) in [7, 11) is 1.51. The van der Waals surface area contributed by atoms with Crippen LogP contribution in [0.1, 0.15) is 18.7 Å². The van der Waals surface area contributed by atoms with Gasteiger partial charge in [0.25, 0.3) is 0 Å². The Labute approximate surface area is 266 Å². The lowest BCUT2D eigenvalue weighted by Crippen LogP contribution is -2.24. The number of nitrogens with one attached hydrogen (secondary N) is 2. The number of methoxy groups -OCH3 is 1. The van der Waals surface area contributed by atoms with Gasteiger partial charge in [-0.1, -0.05) is 12.6 Å². The lowest BCUT2D eigenvalue weighted by molar-refractivity contribution is -0.117. The van der Waals surface area contributed by atoms with Crippen molar-refractivity contribution in [2.45, 2.75) is 19.5 Å². The Morgan fingerprint density at radius 3 is 2.80 bits per heavy atom. The normalized spacial score (nSPS) is 12.1. The maximum atomic E-state index is 15.9. The highest BCUT2D eigenvalue weighted by Crippen LogP contribution is 2.47. The molecule has 4 heterocycles. The van der Waals surface area contributed by atoms with Crippen LogP contribution < -0.4 is 10.1 Å². The van der Waals surface area contributed by atoms with Gasteiger partial charge in [0.1, 0.15) is 35.4 Å². The van der Waals surface area contributed by atoms with Crippen LogP contribution in [0.25, 0.3) is 54.9 Å². The van der Waals surface area contributed by atoms with Gasteiger partial charge in [-0.15, -0.1) is 11.3 Å². The summed E-state index contributed by atoms with van der Waals surface area (Å²) in [5.41, 5.74) is 4.64. The standard InChI is InChI=1S/C33H30F2N6O4S/c1-4-28(43)37-18(2)23-16-25(40-39-23)32-30(29-22(35)14-20(34)15-27(29)45-11-10-44-3)33-21(7-12-46-33)31(38-32)19-5-6-26-24(13-19)36-17-41(26)8-9-42/h4-7,12-18,42H,1,8-11H2,2-3H3,(H,37,43)(H,39,40)/t18-/m1/s1. The summed E-state index contributed by atoms with van der Waals surface area (Å²) in [5.74, 6) is -1.97. The summed E-state index contributed by atoms with van der Waals surface area (Å²) >= 11 is 1.38. The average Bonchev–Trinajstić information content (AvgIpc) is 3.81. The molecule has 3 N–H and O–H groups in total. The van der Waals surface area contributed by atoms with E-state index in [2.05, 4.69) is 27.1 Å². The van der Waals surface area contributed by atoms with E-state index >= 15 is 4.39 Å². The van der Waals surface area contributed by atoms with E-state index in [4.69, 9.17) is 14.5 Å². The number of ether oxygens (including phenoxy) is 2. The lowest BCUT2D eigenvalue weighted by atomic mass is 9.96. The first kappa shape index (κ1) is 31.0. The van der Waals surface area contributed by atoms with Gasteiger partial charge in [0.15, 0.2) is 0 Å². The Balaban J connectivity index is 1.60. The third kappa shape index (κ3) is 5.87. The second kappa shape index (κ2) is 13.2. The van der Waals surface area contributed by atoms with Crippen molar-refractivity contribution in [3.8, 4) is 39.5 Å². The molecule has 4 aromatic heterocycles. The second-order valence-electron chi connectivity index (χ2n) is 10.5. The van der Waals surface area contributed by atoms with Gasteiger partial charge in [-0.3, -0.25) is 9.89 Å². The minimum absolute atomic E-state index is 0.00161. The summed E-state index contributed by atoms with van der Waals surface area (Å²) < 4.78 is 44.0. The molecule has 1 atom stereocenters. The molecule has 1 amide bonds. The molecule has 236 valence electrons. The number of halogens is 2. The Morgan fingerprint density at radius 1 is 1.17 bits per heavy atom. The van der Waals surface area contributed by atoms with E-state index in [1.54, 1.807) is 19.3 Å². The van der Waals surface area contributed by atoms with E-state index < -0.39 is 17.7 Å². The summed E-state index contributed by atoms with van der Waals surface area (Å²) in [4.78, 5) is 21.6. The number of hydrogen-bond acceptors (Lipinski definition) is 8. The lowest BCUT2D eigenvalue weighted by Gasteiger charge is -2.17. The molecule has 46 heavy (non-hydrogen) atoms. The molecule has 10 nitrogen and oxygen atoms in total. The van der Waals surface area contributed by atoms with Crippen molar-refractivity contribution >= 4 is 38.4 Å². The Hall–Kier alpha value is -4.98. The van der Waals surface area contributed by atoms with Gasteiger partial charge < -0.3 is 24.5 Å². The molecule has 6 aromatic rings. The molecule has 0 aliphatic carbocycles. The van der Waals surface area contributed by atoms with Crippen LogP contribution in [-0.2, 0) is 16.1 Å². The van der Waals surface area contributed by atoms with Crippen LogP contribution in [-0.4, -0.2) is 62.7 Å². The van der Waals surface area contributed by atoms with Gasteiger partial charge in [-0.05, 0) is 42.6 Å². The number of aliphatic hydroxyl groups is 1. The number of fused-ring (bicyclic) bond motifs is 2. The van der Waals surface area contributed by atoms with Gasteiger partial charge in [-0.25, -0.2) is 18.7 Å². The summed E-state index contributed by atoms with van der Waals surface area (Å²) in [6, 6.07) is 10.9. The Kier molecular flexibility index (Phi) is 8.88. The van der Waals surface area contributed by atoms with Crippen molar-refractivity contribution in [3.63, 3.8) is 0 Å². The highest BCUT2D eigenvalue weighted by molar-refractivity contribution is 7.18. The molecule has 13 heteroatoms.